The molecular weight excluding hydrogens is 910 g/mol. The lowest BCUT2D eigenvalue weighted by atomic mass is 10.1. The van der Waals surface area contributed by atoms with E-state index in [0.717, 1.165) is 0 Å². The number of nitrogens with two attached hydrogens (primary N) is 1. The third-order valence-corrected chi connectivity index (χ3v) is 9.53. The van der Waals surface area contributed by atoms with Crippen LogP contribution >= 0.6 is 0 Å². The molecule has 0 aliphatic rings. The van der Waals surface area contributed by atoms with Gasteiger partial charge >= 0.3 is 35.8 Å². The van der Waals surface area contributed by atoms with E-state index in [4.69, 9.17) is 15.9 Å². The quantitative estimate of drug-likeness (QED) is 0.0338. The predicted molar refractivity (Wildman–Crippen MR) is 227 cm³/mol. The van der Waals surface area contributed by atoms with Gasteiger partial charge in [-0.1, -0.05) is 0 Å². The van der Waals surface area contributed by atoms with Crippen molar-refractivity contribution in [1.82, 2.24) is 46.5 Å². The van der Waals surface area contributed by atoms with E-state index in [2.05, 4.69) is 46.5 Å². The van der Waals surface area contributed by atoms with Crippen molar-refractivity contribution in [1.29, 1.82) is 0 Å². The predicted octanol–water partition coefficient (Wildman–Crippen LogP) is -2.65. The van der Waals surface area contributed by atoms with Crippen LogP contribution in [0, 0.1) is 0 Å². The SMILES string of the molecule is Nc1nc2ncc(CNc3ccc(C(=O)NC(CCC(=O)NC(CCC(=O)NC(CCC(=O)NC(CCC(=O)NC(CCC(=O)O)C(=O)O)C(=O)O)C(=O)O)C(=O)O)C(=O)O)cc3)nc2c(=O)[nH]1. The molecule has 0 bridgehead atoms. The summed E-state index contributed by atoms with van der Waals surface area (Å²) in [6, 6.07) is -2.57. The summed E-state index contributed by atoms with van der Waals surface area (Å²) in [5, 5.41) is 69.9. The highest BCUT2D eigenvalue weighted by molar-refractivity contribution is 5.97. The Hall–Kier alpha value is -8.79. The number of nitrogen functional groups attached to an aromatic ring is 1. The minimum absolute atomic E-state index is 0.0250. The molecular formula is C39H47N11O18. The highest BCUT2D eigenvalue weighted by atomic mass is 16.4. The summed E-state index contributed by atoms with van der Waals surface area (Å²) < 4.78 is 0. The normalized spacial score (nSPS) is 13.0. The molecule has 5 amide bonds. The Morgan fingerprint density at radius 2 is 0.926 bits per heavy atom. The number of H-pyrrole nitrogens is 1. The first-order chi connectivity index (χ1) is 32.0. The molecule has 366 valence electrons. The lowest BCUT2D eigenvalue weighted by Crippen LogP contribution is -2.46. The van der Waals surface area contributed by atoms with Gasteiger partial charge in [0.1, 0.15) is 30.2 Å². The van der Waals surface area contributed by atoms with Crippen LogP contribution in [0.15, 0.2) is 35.3 Å². The van der Waals surface area contributed by atoms with Crippen molar-refractivity contribution in [2.75, 3.05) is 11.1 Å². The van der Waals surface area contributed by atoms with Gasteiger partial charge in [0, 0.05) is 43.4 Å². The number of amides is 5. The number of carbonyl (C=O) groups is 11. The summed E-state index contributed by atoms with van der Waals surface area (Å²) in [5.74, 6) is -14.1. The van der Waals surface area contributed by atoms with E-state index in [0.29, 0.717) is 11.4 Å². The van der Waals surface area contributed by atoms with Crippen LogP contribution < -0.4 is 43.2 Å². The molecule has 0 fully saturated rings. The van der Waals surface area contributed by atoms with Crippen LogP contribution in [-0.2, 0) is 54.5 Å². The van der Waals surface area contributed by atoms with Crippen molar-refractivity contribution in [3.8, 4) is 0 Å². The number of aromatic nitrogens is 4. The number of nitrogens with zero attached hydrogens (tertiary/aromatic N) is 3. The first-order valence-corrected chi connectivity index (χ1v) is 20.2. The fourth-order valence-electron chi connectivity index (χ4n) is 5.95. The number of rotatable bonds is 29. The van der Waals surface area contributed by atoms with Crippen LogP contribution in [-0.4, -0.2) is 146 Å². The second kappa shape index (κ2) is 25.6. The first-order valence-electron chi connectivity index (χ1n) is 20.2. The fourth-order valence-corrected chi connectivity index (χ4v) is 5.95. The number of nitrogens with one attached hydrogen (secondary N) is 7. The Labute approximate surface area is 381 Å². The van der Waals surface area contributed by atoms with Crippen molar-refractivity contribution in [2.45, 2.75) is 101 Å². The Kier molecular flexibility index (Phi) is 20.2. The number of carboxylic acid groups (broad SMARTS) is 6. The average Bonchev–Trinajstić information content (AvgIpc) is 3.26. The third-order valence-electron chi connectivity index (χ3n) is 9.53. The van der Waals surface area contributed by atoms with Gasteiger partial charge in [-0.2, -0.15) is 4.98 Å². The highest BCUT2D eigenvalue weighted by Gasteiger charge is 2.28. The maximum Gasteiger partial charge on any atom is 0.326 e. The van der Waals surface area contributed by atoms with Crippen LogP contribution in [0.4, 0.5) is 11.6 Å². The summed E-state index contributed by atoms with van der Waals surface area (Å²) in [7, 11) is 0. The van der Waals surface area contributed by atoms with Crippen molar-refractivity contribution >= 4 is 88.2 Å². The zero-order valence-electron chi connectivity index (χ0n) is 35.6. The highest BCUT2D eigenvalue weighted by Crippen LogP contribution is 2.13. The lowest BCUT2D eigenvalue weighted by Gasteiger charge is -2.19. The number of carboxylic acids is 6. The zero-order valence-corrected chi connectivity index (χ0v) is 35.6. The van der Waals surface area contributed by atoms with Crippen LogP contribution in [0.1, 0.15) is 80.3 Å². The zero-order chi connectivity index (χ0) is 50.7. The van der Waals surface area contributed by atoms with Gasteiger partial charge in [0.2, 0.25) is 29.6 Å². The van der Waals surface area contributed by atoms with E-state index in [1.807, 2.05) is 5.32 Å². The van der Waals surface area contributed by atoms with E-state index in [1.165, 1.54) is 30.5 Å². The minimum Gasteiger partial charge on any atom is -0.481 e. The summed E-state index contributed by atoms with van der Waals surface area (Å²) in [6.45, 7) is 0.114. The third kappa shape index (κ3) is 18.0. The Bertz CT molecular complexity index is 2460. The minimum atomic E-state index is -1.73. The molecule has 0 radical (unpaired) electrons. The summed E-state index contributed by atoms with van der Waals surface area (Å²) in [4.78, 5) is 159. The van der Waals surface area contributed by atoms with E-state index >= 15 is 0 Å². The molecule has 3 aromatic rings. The molecule has 3 rings (SSSR count). The van der Waals surface area contributed by atoms with Gasteiger partial charge in [0.05, 0.1) is 18.4 Å². The largest absolute Gasteiger partial charge is 0.481 e. The Morgan fingerprint density at radius 1 is 0.544 bits per heavy atom. The van der Waals surface area contributed by atoms with Crippen LogP contribution in [0.5, 0.6) is 0 Å². The maximum atomic E-state index is 12.9. The van der Waals surface area contributed by atoms with Crippen molar-refractivity contribution in [2.24, 2.45) is 0 Å². The molecule has 5 atom stereocenters. The number of benzene rings is 1. The fraction of sp³-hybridized carbons (Fsp3) is 0.410. The van der Waals surface area contributed by atoms with Crippen molar-refractivity contribution in [3.63, 3.8) is 0 Å². The molecule has 1 aromatic carbocycles. The number of aromatic amines is 1. The van der Waals surface area contributed by atoms with Gasteiger partial charge in [0.15, 0.2) is 11.2 Å². The number of hydrogen-bond acceptors (Lipinski definition) is 17. The van der Waals surface area contributed by atoms with E-state index < -0.39 is 165 Å². The van der Waals surface area contributed by atoms with Crippen LogP contribution in [0.2, 0.25) is 0 Å². The van der Waals surface area contributed by atoms with Gasteiger partial charge in [0.25, 0.3) is 11.5 Å². The van der Waals surface area contributed by atoms with Gasteiger partial charge in [-0.3, -0.25) is 38.5 Å². The number of anilines is 2. The monoisotopic (exact) mass is 957 g/mol. The standard InChI is InChI=1S/C39H47N11O18/c40-39-49-31-30(33(58)50-39)43-19(16-42-31)15-41-18-3-1-17(2-4-18)32(57)48-24(38(67)68)8-13-28(54)46-22(36(63)64)6-11-26(52)44-20(34(59)60)5-10-25(51)45-21(35(61)62)7-12-27(53)47-23(37(65)66)9-14-29(55)56/h1-4,16,20-24,41H,5-15H2,(H,44,52)(H,45,51)(H,46,54)(H,47,53)(H,48,57)(H,55,56)(H,59,60)(H,61,62)(H,63,64)(H,65,66)(H,67,68)(H3,40,42,49,50,58). The topological polar surface area (TPSA) is 479 Å². The molecule has 0 aliphatic heterocycles. The summed E-state index contributed by atoms with van der Waals surface area (Å²) in [6.07, 6.45) is -4.37. The number of fused-ring (bicyclic) bond motifs is 1. The van der Waals surface area contributed by atoms with Gasteiger partial charge < -0.3 is 68.3 Å². The van der Waals surface area contributed by atoms with Crippen molar-refractivity contribution < 1.29 is 83.4 Å². The molecule has 5 unspecified atom stereocenters. The Balaban J connectivity index is 1.44. The second-order valence-corrected chi connectivity index (χ2v) is 14.7. The summed E-state index contributed by atoms with van der Waals surface area (Å²) >= 11 is 0. The maximum absolute atomic E-state index is 12.9. The molecule has 0 aliphatic carbocycles. The first kappa shape index (κ1) is 53.5. The smallest absolute Gasteiger partial charge is 0.326 e. The number of aliphatic carboxylic acids is 6. The Morgan fingerprint density at radius 3 is 1.31 bits per heavy atom. The molecule has 68 heavy (non-hydrogen) atoms. The van der Waals surface area contributed by atoms with Gasteiger partial charge in [-0.25, -0.2) is 33.9 Å². The number of carbonyl (C=O) groups excluding carboxylic acids is 5. The molecule has 29 heteroatoms. The molecule has 2 aromatic heterocycles. The molecule has 15 N–H and O–H groups in total. The summed E-state index contributed by atoms with van der Waals surface area (Å²) in [5.41, 5.74) is 5.89. The molecule has 2 heterocycles. The molecule has 29 nitrogen and oxygen atoms in total. The molecule has 0 saturated carbocycles. The van der Waals surface area contributed by atoms with E-state index in [1.54, 1.807) is 0 Å². The van der Waals surface area contributed by atoms with Crippen LogP contribution in [0.25, 0.3) is 11.2 Å². The molecule has 0 saturated heterocycles. The van der Waals surface area contributed by atoms with Gasteiger partial charge in [-0.15, -0.1) is 0 Å². The van der Waals surface area contributed by atoms with Gasteiger partial charge in [-0.05, 0) is 56.4 Å². The number of hydrogen-bond donors (Lipinski definition) is 14. The van der Waals surface area contributed by atoms with Crippen molar-refractivity contribution in [3.05, 3.63) is 52.1 Å². The second-order valence-electron chi connectivity index (χ2n) is 14.7. The molecule has 0 spiro atoms. The average molecular weight is 958 g/mol. The lowest BCUT2D eigenvalue weighted by molar-refractivity contribution is -0.144. The van der Waals surface area contributed by atoms with E-state index in [9.17, 15) is 78.0 Å². The van der Waals surface area contributed by atoms with E-state index in [-0.39, 0.29) is 29.2 Å². The van der Waals surface area contributed by atoms with Crippen LogP contribution in [0.3, 0.4) is 0 Å².